The molecule has 1 aliphatic rings. The van der Waals surface area contributed by atoms with Gasteiger partial charge in [-0.1, -0.05) is 12.1 Å². The van der Waals surface area contributed by atoms with Crippen LogP contribution in [-0.4, -0.2) is 51.0 Å². The first-order valence-electron chi connectivity index (χ1n) is 10.6. The van der Waals surface area contributed by atoms with Crippen LogP contribution in [0.15, 0.2) is 47.4 Å². The molecule has 0 N–H and O–H groups in total. The predicted octanol–water partition coefficient (Wildman–Crippen LogP) is 3.63. The molecule has 2 heterocycles. The maximum atomic E-state index is 13.2. The summed E-state index contributed by atoms with van der Waals surface area (Å²) in [5.41, 5.74) is 3.62. The third-order valence-electron chi connectivity index (χ3n) is 6.06. The highest BCUT2D eigenvalue weighted by atomic mass is 32.2. The van der Waals surface area contributed by atoms with E-state index >= 15 is 0 Å². The van der Waals surface area contributed by atoms with E-state index < -0.39 is 10.0 Å². The monoisotopic (exact) mass is 450 g/mol. The third-order valence-corrected chi connectivity index (χ3v) is 7.98. The second-order valence-corrected chi connectivity index (χ2v) is 9.91. The van der Waals surface area contributed by atoms with Crippen molar-refractivity contribution in [1.82, 2.24) is 9.29 Å². The number of aryl methyl sites for hydroxylation is 2. The molecule has 4 rings (SSSR count). The lowest BCUT2D eigenvalue weighted by molar-refractivity contribution is 0.413. The Kier molecular flexibility index (Phi) is 6.04. The summed E-state index contributed by atoms with van der Waals surface area (Å²) in [5.74, 6) is 1.24. The maximum Gasteiger partial charge on any atom is 0.243 e. The molecule has 1 saturated heterocycles. The number of nitriles is 1. The number of pyridine rings is 1. The quantitative estimate of drug-likeness (QED) is 0.603. The molecule has 3 aromatic rings. The van der Waals surface area contributed by atoms with Gasteiger partial charge in [0, 0.05) is 31.6 Å². The van der Waals surface area contributed by atoms with Gasteiger partial charge in [-0.15, -0.1) is 0 Å². The van der Waals surface area contributed by atoms with Crippen molar-refractivity contribution in [2.45, 2.75) is 25.2 Å². The molecule has 166 valence electrons. The second-order valence-electron chi connectivity index (χ2n) is 7.97. The fourth-order valence-corrected chi connectivity index (χ4v) is 5.51. The van der Waals surface area contributed by atoms with Crippen LogP contribution in [-0.2, 0) is 10.0 Å². The predicted molar refractivity (Wildman–Crippen MR) is 125 cm³/mol. The number of hydrogen-bond acceptors (Lipinski definition) is 6. The summed E-state index contributed by atoms with van der Waals surface area (Å²) in [7, 11) is -2.07. The number of ether oxygens (including phenoxy) is 1. The van der Waals surface area contributed by atoms with E-state index in [1.807, 2.05) is 36.9 Å². The molecule has 0 radical (unpaired) electrons. The summed E-state index contributed by atoms with van der Waals surface area (Å²) < 4.78 is 33.0. The van der Waals surface area contributed by atoms with Crippen LogP contribution in [0.3, 0.4) is 0 Å². The van der Waals surface area contributed by atoms with Crippen molar-refractivity contribution in [3.05, 3.63) is 59.2 Å². The molecule has 2 aromatic carbocycles. The van der Waals surface area contributed by atoms with Crippen LogP contribution in [0.25, 0.3) is 10.9 Å². The zero-order valence-electron chi connectivity index (χ0n) is 18.5. The Bertz CT molecular complexity index is 1300. The normalized spacial score (nSPS) is 15.4. The van der Waals surface area contributed by atoms with Crippen molar-refractivity contribution in [3.63, 3.8) is 0 Å². The molecular formula is C24H26N4O3S. The first-order valence-corrected chi connectivity index (χ1v) is 12.0. The Labute approximate surface area is 188 Å². The van der Waals surface area contributed by atoms with Gasteiger partial charge < -0.3 is 9.64 Å². The van der Waals surface area contributed by atoms with E-state index in [4.69, 9.17) is 9.72 Å². The number of fused-ring (bicyclic) bond motifs is 1. The highest BCUT2D eigenvalue weighted by molar-refractivity contribution is 7.89. The van der Waals surface area contributed by atoms with Crippen molar-refractivity contribution in [3.8, 4) is 11.8 Å². The van der Waals surface area contributed by atoms with Gasteiger partial charge in [-0.2, -0.15) is 9.57 Å². The molecule has 1 aromatic heterocycles. The second kappa shape index (κ2) is 8.77. The Morgan fingerprint density at radius 2 is 1.78 bits per heavy atom. The van der Waals surface area contributed by atoms with E-state index in [1.54, 1.807) is 31.4 Å². The van der Waals surface area contributed by atoms with Crippen LogP contribution in [0.2, 0.25) is 0 Å². The SMILES string of the molecule is COc1ccc(S(=O)(=O)N2CCCN(c3nc4c(C)c(C)ccc4cc3C#N)CC2)cc1. The van der Waals surface area contributed by atoms with Gasteiger partial charge in [-0.05, 0) is 61.7 Å². The van der Waals surface area contributed by atoms with E-state index in [9.17, 15) is 13.7 Å². The van der Waals surface area contributed by atoms with Crippen LogP contribution < -0.4 is 9.64 Å². The molecular weight excluding hydrogens is 424 g/mol. The summed E-state index contributed by atoms with van der Waals surface area (Å²) in [4.78, 5) is 7.14. The summed E-state index contributed by atoms with van der Waals surface area (Å²) >= 11 is 0. The number of anilines is 1. The minimum Gasteiger partial charge on any atom is -0.497 e. The van der Waals surface area contributed by atoms with Gasteiger partial charge in [0.2, 0.25) is 10.0 Å². The zero-order chi connectivity index (χ0) is 22.9. The summed E-state index contributed by atoms with van der Waals surface area (Å²) in [5, 5.41) is 10.7. The van der Waals surface area contributed by atoms with Crippen LogP contribution in [0.5, 0.6) is 5.75 Å². The average molecular weight is 451 g/mol. The highest BCUT2D eigenvalue weighted by Gasteiger charge is 2.28. The fraction of sp³-hybridized carbons (Fsp3) is 0.333. The molecule has 0 amide bonds. The number of rotatable bonds is 4. The van der Waals surface area contributed by atoms with Crippen molar-refractivity contribution >= 4 is 26.7 Å². The number of benzene rings is 2. The molecule has 8 heteroatoms. The Balaban J connectivity index is 1.62. The summed E-state index contributed by atoms with van der Waals surface area (Å²) in [6.45, 7) is 5.92. The van der Waals surface area contributed by atoms with E-state index in [-0.39, 0.29) is 4.90 Å². The lowest BCUT2D eigenvalue weighted by Crippen LogP contribution is -2.35. The van der Waals surface area contributed by atoms with Gasteiger partial charge in [0.25, 0.3) is 0 Å². The van der Waals surface area contributed by atoms with Gasteiger partial charge >= 0.3 is 0 Å². The smallest absolute Gasteiger partial charge is 0.243 e. The fourth-order valence-electron chi connectivity index (χ4n) is 4.04. The molecule has 0 bridgehead atoms. The molecule has 32 heavy (non-hydrogen) atoms. The number of nitrogens with zero attached hydrogens (tertiary/aromatic N) is 4. The number of aromatic nitrogens is 1. The lowest BCUT2D eigenvalue weighted by atomic mass is 10.0. The molecule has 1 aliphatic heterocycles. The Hall–Kier alpha value is -3.15. The molecule has 0 spiro atoms. The Morgan fingerprint density at radius 1 is 1.03 bits per heavy atom. The summed E-state index contributed by atoms with van der Waals surface area (Å²) in [6.07, 6.45) is 0.646. The van der Waals surface area contributed by atoms with E-state index in [0.29, 0.717) is 49.7 Å². The highest BCUT2D eigenvalue weighted by Crippen LogP contribution is 2.28. The number of methoxy groups -OCH3 is 1. The summed E-state index contributed by atoms with van der Waals surface area (Å²) in [6, 6.07) is 14.6. The number of sulfonamides is 1. The van der Waals surface area contributed by atoms with Crippen molar-refractivity contribution < 1.29 is 13.2 Å². The maximum absolute atomic E-state index is 13.2. The first kappa shape index (κ1) is 22.1. The van der Waals surface area contributed by atoms with E-state index in [1.165, 1.54) is 4.31 Å². The molecule has 0 saturated carbocycles. The molecule has 0 aliphatic carbocycles. The van der Waals surface area contributed by atoms with Gasteiger partial charge in [-0.25, -0.2) is 13.4 Å². The minimum atomic E-state index is -3.61. The topological polar surface area (TPSA) is 86.5 Å². The van der Waals surface area contributed by atoms with Crippen LogP contribution >= 0.6 is 0 Å². The van der Waals surface area contributed by atoms with Gasteiger partial charge in [0.05, 0.1) is 23.1 Å². The minimum absolute atomic E-state index is 0.249. The number of hydrogen-bond donors (Lipinski definition) is 0. The Morgan fingerprint density at radius 3 is 2.47 bits per heavy atom. The third kappa shape index (κ3) is 4.01. The largest absolute Gasteiger partial charge is 0.497 e. The zero-order valence-corrected chi connectivity index (χ0v) is 19.3. The first-order chi connectivity index (χ1) is 15.3. The van der Waals surface area contributed by atoms with E-state index in [0.717, 1.165) is 22.0 Å². The molecule has 7 nitrogen and oxygen atoms in total. The van der Waals surface area contributed by atoms with Gasteiger partial charge in [0.1, 0.15) is 17.6 Å². The molecule has 1 fully saturated rings. The van der Waals surface area contributed by atoms with Gasteiger partial charge in [-0.3, -0.25) is 0 Å². The van der Waals surface area contributed by atoms with Crippen molar-refractivity contribution in [2.75, 3.05) is 38.2 Å². The average Bonchev–Trinajstić information content (AvgIpc) is 3.07. The van der Waals surface area contributed by atoms with Crippen molar-refractivity contribution in [2.24, 2.45) is 0 Å². The van der Waals surface area contributed by atoms with Crippen molar-refractivity contribution in [1.29, 1.82) is 5.26 Å². The van der Waals surface area contributed by atoms with Crippen LogP contribution in [0.4, 0.5) is 5.82 Å². The van der Waals surface area contributed by atoms with Crippen LogP contribution in [0.1, 0.15) is 23.1 Å². The standard InChI is InChI=1S/C24H26N4O3S/c1-17-5-6-19-15-20(16-25)24(26-23(19)18(17)2)27-11-4-12-28(14-13-27)32(29,30)22-9-7-21(31-3)8-10-22/h5-10,15H,4,11-14H2,1-3H3. The van der Waals surface area contributed by atoms with Gasteiger partial charge in [0.15, 0.2) is 0 Å². The van der Waals surface area contributed by atoms with E-state index in [2.05, 4.69) is 6.07 Å². The lowest BCUT2D eigenvalue weighted by Gasteiger charge is -2.24. The molecule has 0 atom stereocenters. The van der Waals surface area contributed by atoms with Crippen LogP contribution in [0, 0.1) is 25.2 Å². The molecule has 0 unspecified atom stereocenters.